The Labute approximate surface area is 123 Å². The minimum absolute atomic E-state index is 0.136. The Morgan fingerprint density at radius 2 is 1.85 bits per heavy atom. The molecule has 1 aliphatic heterocycles. The van der Waals surface area contributed by atoms with Crippen molar-refractivity contribution in [2.75, 3.05) is 24.6 Å². The van der Waals surface area contributed by atoms with Gasteiger partial charge in [-0.05, 0) is 51.2 Å². The van der Waals surface area contributed by atoms with Crippen LogP contribution in [0.25, 0.3) is 0 Å². The van der Waals surface area contributed by atoms with Crippen LogP contribution < -0.4 is 10.2 Å². The van der Waals surface area contributed by atoms with Crippen molar-refractivity contribution >= 4 is 5.69 Å². The molecule has 1 aromatic rings. The van der Waals surface area contributed by atoms with Gasteiger partial charge in [-0.15, -0.1) is 0 Å². The number of anilines is 1. The van der Waals surface area contributed by atoms with E-state index >= 15 is 0 Å². The number of hydrogen-bond acceptors (Lipinski definition) is 3. The average molecular weight is 276 g/mol. The second kappa shape index (κ2) is 6.59. The lowest BCUT2D eigenvalue weighted by molar-refractivity contribution is 0.203. The van der Waals surface area contributed by atoms with Crippen molar-refractivity contribution in [3.63, 3.8) is 0 Å². The van der Waals surface area contributed by atoms with Crippen LogP contribution in [0.1, 0.15) is 39.2 Å². The number of rotatable bonds is 4. The molecule has 0 radical (unpaired) electrons. The van der Waals surface area contributed by atoms with Crippen molar-refractivity contribution in [3.8, 4) is 0 Å². The van der Waals surface area contributed by atoms with Crippen LogP contribution in [-0.4, -0.2) is 30.3 Å². The average Bonchev–Trinajstić information content (AvgIpc) is 2.45. The Hall–Kier alpha value is -1.06. The van der Waals surface area contributed by atoms with Gasteiger partial charge in [0.05, 0.1) is 0 Å². The number of aliphatic hydroxyl groups excluding tert-OH is 1. The summed E-state index contributed by atoms with van der Waals surface area (Å²) in [4.78, 5) is 2.46. The van der Waals surface area contributed by atoms with E-state index in [2.05, 4.69) is 55.3 Å². The van der Waals surface area contributed by atoms with E-state index in [-0.39, 0.29) is 5.54 Å². The molecule has 2 rings (SSSR count). The fourth-order valence-electron chi connectivity index (χ4n) is 2.69. The molecule has 0 aromatic heterocycles. The van der Waals surface area contributed by atoms with E-state index in [1.165, 1.54) is 11.3 Å². The molecule has 0 aliphatic carbocycles. The largest absolute Gasteiger partial charge is 0.396 e. The van der Waals surface area contributed by atoms with E-state index in [9.17, 15) is 5.11 Å². The van der Waals surface area contributed by atoms with Crippen LogP contribution in [0.4, 0.5) is 5.69 Å². The Balaban J connectivity index is 2.04. The molecule has 112 valence electrons. The highest BCUT2D eigenvalue weighted by atomic mass is 16.3. The zero-order valence-corrected chi connectivity index (χ0v) is 13.0. The van der Waals surface area contributed by atoms with Gasteiger partial charge in [0.2, 0.25) is 0 Å². The molecule has 0 bridgehead atoms. The number of hydrogen-bond donors (Lipinski definition) is 2. The van der Waals surface area contributed by atoms with Gasteiger partial charge in [-0.2, -0.15) is 0 Å². The van der Waals surface area contributed by atoms with Gasteiger partial charge in [-0.3, -0.25) is 0 Å². The van der Waals surface area contributed by atoms with Crippen molar-refractivity contribution in [2.45, 2.75) is 45.7 Å². The minimum atomic E-state index is 0.136. The van der Waals surface area contributed by atoms with Crippen LogP contribution in [0.3, 0.4) is 0 Å². The summed E-state index contributed by atoms with van der Waals surface area (Å²) in [6.45, 7) is 9.93. The third-order valence-corrected chi connectivity index (χ3v) is 4.01. The molecule has 1 aromatic carbocycles. The highest BCUT2D eigenvalue weighted by molar-refractivity contribution is 5.54. The third kappa shape index (κ3) is 4.22. The number of para-hydroxylation sites is 1. The normalized spacial score (nSPS) is 17.5. The van der Waals surface area contributed by atoms with Gasteiger partial charge < -0.3 is 15.3 Å². The van der Waals surface area contributed by atoms with Gasteiger partial charge in [-0.25, -0.2) is 0 Å². The lowest BCUT2D eigenvalue weighted by Gasteiger charge is -2.34. The smallest absolute Gasteiger partial charge is 0.0460 e. The molecule has 1 saturated heterocycles. The van der Waals surface area contributed by atoms with E-state index < -0.39 is 0 Å². The Kier molecular flexibility index (Phi) is 5.06. The summed E-state index contributed by atoms with van der Waals surface area (Å²) >= 11 is 0. The van der Waals surface area contributed by atoms with Gasteiger partial charge in [-0.1, -0.05) is 18.2 Å². The lowest BCUT2D eigenvalue weighted by atomic mass is 9.96. The Morgan fingerprint density at radius 3 is 2.45 bits per heavy atom. The van der Waals surface area contributed by atoms with Crippen molar-refractivity contribution in [1.29, 1.82) is 0 Å². The molecule has 20 heavy (non-hydrogen) atoms. The summed E-state index contributed by atoms with van der Waals surface area (Å²) in [5.74, 6) is 0.492. The third-order valence-electron chi connectivity index (χ3n) is 4.01. The molecule has 1 heterocycles. The van der Waals surface area contributed by atoms with E-state index in [4.69, 9.17) is 0 Å². The van der Waals surface area contributed by atoms with Crippen LogP contribution in [0, 0.1) is 5.92 Å². The summed E-state index contributed by atoms with van der Waals surface area (Å²) < 4.78 is 0. The number of aliphatic hydroxyl groups is 1. The van der Waals surface area contributed by atoms with Crippen LogP contribution in [0.2, 0.25) is 0 Å². The highest BCUT2D eigenvalue weighted by Crippen LogP contribution is 2.26. The van der Waals surface area contributed by atoms with E-state index in [1.807, 2.05) is 0 Å². The maximum atomic E-state index is 9.25. The lowest BCUT2D eigenvalue weighted by Crippen LogP contribution is -2.37. The van der Waals surface area contributed by atoms with Gasteiger partial charge >= 0.3 is 0 Å². The summed E-state index contributed by atoms with van der Waals surface area (Å²) in [6.07, 6.45) is 2.19. The van der Waals surface area contributed by atoms with E-state index in [0.29, 0.717) is 12.5 Å². The van der Waals surface area contributed by atoms with Crippen LogP contribution in [-0.2, 0) is 6.54 Å². The summed E-state index contributed by atoms with van der Waals surface area (Å²) in [7, 11) is 0. The maximum absolute atomic E-state index is 9.25. The van der Waals surface area contributed by atoms with Crippen LogP contribution in [0.15, 0.2) is 24.3 Å². The molecular weight excluding hydrogens is 248 g/mol. The fraction of sp³-hybridized carbons (Fsp3) is 0.647. The molecular formula is C17H28N2O. The first-order valence-corrected chi connectivity index (χ1v) is 7.68. The zero-order chi connectivity index (χ0) is 14.6. The fourth-order valence-corrected chi connectivity index (χ4v) is 2.69. The summed E-state index contributed by atoms with van der Waals surface area (Å²) in [5.41, 5.74) is 2.85. The van der Waals surface area contributed by atoms with Crippen molar-refractivity contribution in [1.82, 2.24) is 5.32 Å². The molecule has 0 amide bonds. The SMILES string of the molecule is CC(C)(C)NCc1ccccc1N1CCC(CO)CC1. The predicted octanol–water partition coefficient (Wildman–Crippen LogP) is 2.78. The van der Waals surface area contributed by atoms with Gasteiger partial charge in [0.15, 0.2) is 0 Å². The second-order valence-electron chi connectivity index (χ2n) is 6.85. The molecule has 0 spiro atoms. The maximum Gasteiger partial charge on any atom is 0.0460 e. The molecule has 0 saturated carbocycles. The van der Waals surface area contributed by atoms with Crippen molar-refractivity contribution in [3.05, 3.63) is 29.8 Å². The zero-order valence-electron chi connectivity index (χ0n) is 13.0. The van der Waals surface area contributed by atoms with Crippen LogP contribution >= 0.6 is 0 Å². The summed E-state index contributed by atoms with van der Waals surface area (Å²) in [5, 5.41) is 12.8. The topological polar surface area (TPSA) is 35.5 Å². The minimum Gasteiger partial charge on any atom is -0.396 e. The molecule has 0 unspecified atom stereocenters. The molecule has 3 nitrogen and oxygen atoms in total. The molecule has 2 N–H and O–H groups in total. The monoisotopic (exact) mass is 276 g/mol. The first-order chi connectivity index (χ1) is 9.49. The number of nitrogens with one attached hydrogen (secondary N) is 1. The number of benzene rings is 1. The second-order valence-corrected chi connectivity index (χ2v) is 6.85. The number of piperidine rings is 1. The molecule has 1 aliphatic rings. The van der Waals surface area contributed by atoms with Crippen LogP contribution in [0.5, 0.6) is 0 Å². The first kappa shape index (κ1) is 15.3. The summed E-state index contributed by atoms with van der Waals surface area (Å²) in [6, 6.07) is 8.67. The highest BCUT2D eigenvalue weighted by Gasteiger charge is 2.20. The molecule has 0 atom stereocenters. The Morgan fingerprint density at radius 1 is 1.20 bits per heavy atom. The van der Waals surface area contributed by atoms with E-state index in [1.54, 1.807) is 0 Å². The standard InChI is InChI=1S/C17H28N2O/c1-17(2,3)18-12-15-6-4-5-7-16(15)19-10-8-14(13-20)9-11-19/h4-7,14,18,20H,8-13H2,1-3H3. The quantitative estimate of drug-likeness (QED) is 0.887. The van der Waals surface area contributed by atoms with Gasteiger partial charge in [0.25, 0.3) is 0 Å². The molecule has 3 heteroatoms. The first-order valence-electron chi connectivity index (χ1n) is 7.68. The molecule has 1 fully saturated rings. The van der Waals surface area contributed by atoms with Crippen molar-refractivity contribution < 1.29 is 5.11 Å². The Bertz CT molecular complexity index is 417. The van der Waals surface area contributed by atoms with Crippen molar-refractivity contribution in [2.24, 2.45) is 5.92 Å². The predicted molar refractivity (Wildman–Crippen MR) is 85.1 cm³/mol. The van der Waals surface area contributed by atoms with Gasteiger partial charge in [0, 0.05) is 37.5 Å². The number of nitrogens with zero attached hydrogens (tertiary/aromatic N) is 1. The van der Waals surface area contributed by atoms with E-state index in [0.717, 1.165) is 32.5 Å². The van der Waals surface area contributed by atoms with Gasteiger partial charge in [0.1, 0.15) is 0 Å².